The summed E-state index contributed by atoms with van der Waals surface area (Å²) in [6.07, 6.45) is 5.42. The Labute approximate surface area is 157 Å². The average Bonchev–Trinajstić information content (AvgIpc) is 2.55. The number of aliphatic carboxylic acids is 1. The summed E-state index contributed by atoms with van der Waals surface area (Å²) in [5.74, 6) is -3.41. The minimum Gasteiger partial charge on any atom is -0.481 e. The molecule has 7 nitrogen and oxygen atoms in total. The average molecular weight is 392 g/mol. The van der Waals surface area contributed by atoms with Crippen LogP contribution in [0.15, 0.2) is 0 Å². The molecule has 0 bridgehead atoms. The van der Waals surface area contributed by atoms with Gasteiger partial charge in [-0.05, 0) is 31.7 Å². The van der Waals surface area contributed by atoms with Crippen molar-refractivity contribution in [3.63, 3.8) is 0 Å². The van der Waals surface area contributed by atoms with E-state index in [0.29, 0.717) is 32.2 Å². The summed E-state index contributed by atoms with van der Waals surface area (Å²) in [6.45, 7) is 6.07. The molecule has 0 spiro atoms. The van der Waals surface area contributed by atoms with E-state index in [9.17, 15) is 24.2 Å². The predicted molar refractivity (Wildman–Crippen MR) is 104 cm³/mol. The number of unbranched alkanes of at least 4 members (excludes halogenated alkanes) is 4. The molecule has 0 saturated heterocycles. The molecule has 0 heterocycles. The highest BCUT2D eigenvalue weighted by atomic mass is 31.2. The van der Waals surface area contributed by atoms with Crippen LogP contribution in [0.4, 0.5) is 0 Å². The molecule has 3 atom stereocenters. The first-order chi connectivity index (χ1) is 12.2. The summed E-state index contributed by atoms with van der Waals surface area (Å²) in [4.78, 5) is 34.1. The van der Waals surface area contributed by atoms with Crippen LogP contribution >= 0.6 is 7.37 Å². The smallest absolute Gasteiger partial charge is 0.307 e. The Bertz CT molecular complexity index is 470. The van der Waals surface area contributed by atoms with Crippen molar-refractivity contribution < 1.29 is 24.2 Å². The molecule has 0 rings (SSSR count). The molecule has 3 unspecified atom stereocenters. The van der Waals surface area contributed by atoms with Crippen molar-refractivity contribution in [2.75, 3.05) is 12.7 Å². The second-order valence-electron chi connectivity index (χ2n) is 7.32. The molecule has 154 valence electrons. The standard InChI is InChI=1S/C18H37N2O5P/c1-4-5-6-7-11-16(21)20-17(14(2)3)26(24,25)13-15(18(22)23)10-8-9-12-19/h14-15,17H,4-13,19H2,1-3H3,(H,20,21)(H,22,23)(H,24,25). The Balaban J connectivity index is 4.87. The van der Waals surface area contributed by atoms with Gasteiger partial charge in [0, 0.05) is 12.6 Å². The Kier molecular flexibility index (Phi) is 12.8. The first-order valence-electron chi connectivity index (χ1n) is 9.69. The molecule has 26 heavy (non-hydrogen) atoms. The third-order valence-electron chi connectivity index (χ3n) is 4.47. The van der Waals surface area contributed by atoms with Crippen molar-refractivity contribution in [2.24, 2.45) is 17.6 Å². The Morgan fingerprint density at radius 1 is 1.12 bits per heavy atom. The first kappa shape index (κ1) is 25.1. The van der Waals surface area contributed by atoms with Crippen molar-refractivity contribution in [3.8, 4) is 0 Å². The number of amides is 1. The minimum atomic E-state index is -3.86. The lowest BCUT2D eigenvalue weighted by atomic mass is 10.0. The molecule has 0 radical (unpaired) electrons. The van der Waals surface area contributed by atoms with E-state index in [2.05, 4.69) is 12.2 Å². The summed E-state index contributed by atoms with van der Waals surface area (Å²) in [5, 5.41) is 12.0. The van der Waals surface area contributed by atoms with Crippen LogP contribution < -0.4 is 11.1 Å². The van der Waals surface area contributed by atoms with Gasteiger partial charge in [0.25, 0.3) is 0 Å². The molecule has 1 amide bonds. The Morgan fingerprint density at radius 3 is 2.27 bits per heavy atom. The lowest BCUT2D eigenvalue weighted by Crippen LogP contribution is -2.40. The van der Waals surface area contributed by atoms with Gasteiger partial charge in [0.15, 0.2) is 0 Å². The van der Waals surface area contributed by atoms with Crippen molar-refractivity contribution >= 4 is 19.2 Å². The van der Waals surface area contributed by atoms with Gasteiger partial charge in [0.05, 0.1) is 5.92 Å². The molecule has 0 aliphatic heterocycles. The number of nitrogens with one attached hydrogen (secondary N) is 1. The summed E-state index contributed by atoms with van der Waals surface area (Å²) in [7, 11) is -3.86. The molecule has 0 aromatic heterocycles. The molecule has 0 saturated carbocycles. The highest BCUT2D eigenvalue weighted by Gasteiger charge is 2.38. The van der Waals surface area contributed by atoms with E-state index in [1.165, 1.54) is 0 Å². The van der Waals surface area contributed by atoms with E-state index >= 15 is 0 Å². The molecule has 0 aliphatic carbocycles. The van der Waals surface area contributed by atoms with E-state index < -0.39 is 25.0 Å². The van der Waals surface area contributed by atoms with Gasteiger partial charge in [-0.2, -0.15) is 0 Å². The van der Waals surface area contributed by atoms with Gasteiger partial charge in [-0.1, -0.05) is 46.5 Å². The largest absolute Gasteiger partial charge is 0.481 e. The summed E-state index contributed by atoms with van der Waals surface area (Å²) >= 11 is 0. The van der Waals surface area contributed by atoms with Gasteiger partial charge in [-0.15, -0.1) is 0 Å². The van der Waals surface area contributed by atoms with Gasteiger partial charge in [-0.25, -0.2) is 0 Å². The molecular formula is C18H37N2O5P. The first-order valence-corrected chi connectivity index (χ1v) is 11.6. The maximum absolute atomic E-state index is 12.9. The van der Waals surface area contributed by atoms with Crippen molar-refractivity contribution in [1.29, 1.82) is 0 Å². The number of hydrogen-bond donors (Lipinski definition) is 4. The zero-order valence-corrected chi connectivity index (χ0v) is 17.3. The summed E-state index contributed by atoms with van der Waals surface area (Å²) < 4.78 is 12.9. The maximum atomic E-state index is 12.9. The Hall–Kier alpha value is -0.910. The van der Waals surface area contributed by atoms with Gasteiger partial charge in [0.2, 0.25) is 13.3 Å². The van der Waals surface area contributed by atoms with Crippen LogP contribution in [-0.2, 0) is 14.2 Å². The second-order valence-corrected chi connectivity index (χ2v) is 9.76. The van der Waals surface area contributed by atoms with E-state index in [1.807, 2.05) is 0 Å². The molecule has 5 N–H and O–H groups in total. The van der Waals surface area contributed by atoms with Gasteiger partial charge in [0.1, 0.15) is 5.78 Å². The van der Waals surface area contributed by atoms with Crippen molar-refractivity contribution in [3.05, 3.63) is 0 Å². The number of carboxylic acids is 1. The minimum absolute atomic E-state index is 0.246. The third-order valence-corrected chi connectivity index (χ3v) is 7.03. The summed E-state index contributed by atoms with van der Waals surface area (Å²) in [6, 6.07) is 0. The lowest BCUT2D eigenvalue weighted by Gasteiger charge is -2.29. The van der Waals surface area contributed by atoms with Gasteiger partial charge < -0.3 is 21.1 Å². The molecule has 0 aromatic rings. The van der Waals surface area contributed by atoms with Crippen LogP contribution in [0.1, 0.15) is 72.1 Å². The molecule has 0 aliphatic rings. The highest BCUT2D eigenvalue weighted by molar-refractivity contribution is 7.58. The zero-order chi connectivity index (χ0) is 20.2. The van der Waals surface area contributed by atoms with Gasteiger partial charge >= 0.3 is 5.97 Å². The monoisotopic (exact) mass is 392 g/mol. The third kappa shape index (κ3) is 10.3. The van der Waals surface area contributed by atoms with Crippen LogP contribution in [0, 0.1) is 11.8 Å². The fourth-order valence-corrected chi connectivity index (χ4v) is 5.41. The number of carbonyl (C=O) groups is 2. The molecule has 0 fully saturated rings. The van der Waals surface area contributed by atoms with E-state index in [1.54, 1.807) is 13.8 Å². The summed E-state index contributed by atoms with van der Waals surface area (Å²) in [5.41, 5.74) is 5.42. The SMILES string of the molecule is CCCCCCC(=O)NC(C(C)C)P(=O)(O)CC(CCCCN)C(=O)O. The topological polar surface area (TPSA) is 130 Å². The van der Waals surface area contributed by atoms with Crippen LogP contribution in [0.5, 0.6) is 0 Å². The normalized spacial score (nSPS) is 16.1. The fraction of sp³-hybridized carbons (Fsp3) is 0.889. The number of nitrogens with two attached hydrogens (primary N) is 1. The fourth-order valence-electron chi connectivity index (χ4n) is 2.94. The van der Waals surface area contributed by atoms with E-state index in [-0.39, 0.29) is 18.0 Å². The predicted octanol–water partition coefficient (Wildman–Crippen LogP) is 3.16. The number of rotatable bonds is 15. The number of carbonyl (C=O) groups excluding carboxylic acids is 1. The van der Waals surface area contributed by atoms with Crippen molar-refractivity contribution in [2.45, 2.75) is 77.9 Å². The van der Waals surface area contributed by atoms with Crippen molar-refractivity contribution in [1.82, 2.24) is 5.32 Å². The van der Waals surface area contributed by atoms with Crippen LogP contribution in [0.25, 0.3) is 0 Å². The van der Waals surface area contributed by atoms with Crippen LogP contribution in [0.2, 0.25) is 0 Å². The van der Waals surface area contributed by atoms with Gasteiger partial charge in [-0.3, -0.25) is 14.2 Å². The number of hydrogen-bond acceptors (Lipinski definition) is 4. The lowest BCUT2D eigenvalue weighted by molar-refractivity contribution is -0.141. The van der Waals surface area contributed by atoms with E-state index in [4.69, 9.17) is 5.73 Å². The quantitative estimate of drug-likeness (QED) is 0.250. The Morgan fingerprint density at radius 2 is 1.77 bits per heavy atom. The zero-order valence-electron chi connectivity index (χ0n) is 16.4. The van der Waals surface area contributed by atoms with Crippen LogP contribution in [0.3, 0.4) is 0 Å². The van der Waals surface area contributed by atoms with Crippen LogP contribution in [-0.4, -0.2) is 40.4 Å². The maximum Gasteiger partial charge on any atom is 0.307 e. The number of carboxylic acid groups (broad SMARTS) is 1. The van der Waals surface area contributed by atoms with E-state index in [0.717, 1.165) is 25.7 Å². The second kappa shape index (κ2) is 13.3. The highest BCUT2D eigenvalue weighted by Crippen LogP contribution is 2.50. The molecular weight excluding hydrogens is 355 g/mol. The molecule has 8 heteroatoms. The molecule has 0 aromatic carbocycles.